The van der Waals surface area contributed by atoms with E-state index in [2.05, 4.69) is 30.3 Å². The second kappa shape index (κ2) is 17.5. The van der Waals surface area contributed by atoms with E-state index in [0.717, 1.165) is 33.9 Å². The van der Waals surface area contributed by atoms with Gasteiger partial charge in [-0.1, -0.05) is 98.5 Å². The Balaban J connectivity index is 1.65. The lowest BCUT2D eigenvalue weighted by Crippen LogP contribution is -2.45. The summed E-state index contributed by atoms with van der Waals surface area (Å²) in [5.74, 6) is -1.12. The number of hydrogen-bond acceptors (Lipinski definition) is 8. The van der Waals surface area contributed by atoms with Gasteiger partial charge in [0.1, 0.15) is 24.3 Å². The van der Waals surface area contributed by atoms with Crippen molar-refractivity contribution in [2.24, 2.45) is 0 Å². The van der Waals surface area contributed by atoms with Crippen molar-refractivity contribution >= 4 is 32.2 Å². The van der Waals surface area contributed by atoms with E-state index in [-0.39, 0.29) is 19.4 Å². The molecule has 0 aliphatic carbocycles. The van der Waals surface area contributed by atoms with Gasteiger partial charge < -0.3 is 29.6 Å². The fourth-order valence-electron chi connectivity index (χ4n) is 4.58. The van der Waals surface area contributed by atoms with Gasteiger partial charge in [0, 0.05) is 20.9 Å². The summed E-state index contributed by atoms with van der Waals surface area (Å²) in [6.45, 7) is 12.2. The quantitative estimate of drug-likeness (QED) is 0.110. The third-order valence-electron chi connectivity index (χ3n) is 7.18. The average Bonchev–Trinajstić information content (AvgIpc) is 3.02. The third-order valence-corrected chi connectivity index (χ3v) is 8.89. The summed E-state index contributed by atoms with van der Waals surface area (Å²) in [4.78, 5) is 50.4. The van der Waals surface area contributed by atoms with Crippen LogP contribution in [-0.2, 0) is 48.0 Å². The van der Waals surface area contributed by atoms with Crippen LogP contribution in [0.15, 0.2) is 78.9 Å². The minimum atomic E-state index is -1.36. The molecule has 0 saturated heterocycles. The molecule has 0 fully saturated rings. The highest BCUT2D eigenvalue weighted by molar-refractivity contribution is 6.76. The van der Waals surface area contributed by atoms with Gasteiger partial charge >= 0.3 is 24.1 Å². The molecule has 2 amide bonds. The number of hydrogen-bond donors (Lipinski definition) is 2. The van der Waals surface area contributed by atoms with Gasteiger partial charge in [0.25, 0.3) is 0 Å². The molecule has 0 radical (unpaired) electrons. The molecule has 0 spiro atoms. The Morgan fingerprint density at radius 1 is 0.667 bits per heavy atom. The molecular formula is C37H48N2O8Si. The van der Waals surface area contributed by atoms with Crippen molar-refractivity contribution in [2.75, 3.05) is 13.7 Å². The summed E-state index contributed by atoms with van der Waals surface area (Å²) in [7, 11) is -0.0832. The van der Waals surface area contributed by atoms with E-state index in [1.807, 2.05) is 78.9 Å². The van der Waals surface area contributed by atoms with E-state index >= 15 is 0 Å². The summed E-state index contributed by atoms with van der Waals surface area (Å²) in [6, 6.07) is 23.6. The van der Waals surface area contributed by atoms with Crippen LogP contribution in [0, 0.1) is 0 Å². The molecular weight excluding hydrogens is 628 g/mol. The Kier molecular flexibility index (Phi) is 13.8. The highest BCUT2D eigenvalue weighted by atomic mass is 28.3. The van der Waals surface area contributed by atoms with Crippen molar-refractivity contribution < 1.29 is 38.1 Å². The number of alkyl carbamates (subject to hydrolysis) is 2. The lowest BCUT2D eigenvalue weighted by molar-refractivity contribution is -0.147. The molecule has 2 atom stereocenters. The van der Waals surface area contributed by atoms with Gasteiger partial charge in [0.2, 0.25) is 0 Å². The molecule has 0 bridgehead atoms. The number of ether oxygens (including phenoxy) is 4. The summed E-state index contributed by atoms with van der Waals surface area (Å²) in [6.07, 6.45) is -0.909. The first kappa shape index (κ1) is 37.8. The maximum Gasteiger partial charge on any atom is 0.408 e. The van der Waals surface area contributed by atoms with Gasteiger partial charge in [-0.3, -0.25) is 0 Å². The molecule has 0 unspecified atom stereocenters. The first-order valence-electron chi connectivity index (χ1n) is 16.0. The van der Waals surface area contributed by atoms with Crippen molar-refractivity contribution in [1.29, 1.82) is 0 Å². The molecule has 3 rings (SSSR count). The number of esters is 2. The molecule has 11 heteroatoms. The lowest BCUT2D eigenvalue weighted by atomic mass is 9.98. The molecule has 10 nitrogen and oxygen atoms in total. The first-order chi connectivity index (χ1) is 22.6. The van der Waals surface area contributed by atoms with Crippen LogP contribution in [0.5, 0.6) is 0 Å². The summed E-state index contributed by atoms with van der Waals surface area (Å²) >= 11 is 0. The summed E-state index contributed by atoms with van der Waals surface area (Å²) in [5.41, 5.74) is 3.63. The maximum atomic E-state index is 13.1. The average molecular weight is 677 g/mol. The zero-order chi connectivity index (χ0) is 35.3. The summed E-state index contributed by atoms with van der Waals surface area (Å²) < 4.78 is 21.1. The normalized spacial score (nSPS) is 12.6. The minimum absolute atomic E-state index is 0.0837. The van der Waals surface area contributed by atoms with Crippen LogP contribution < -0.4 is 10.6 Å². The predicted octanol–water partition coefficient (Wildman–Crippen LogP) is 6.68. The standard InChI is InChI=1S/C37H48N2O8Si/c1-37(2,3)47-36(43)39-32(34(41)46-25-28-11-9-8-10-12-28)24-27-15-19-30(20-16-27)29-17-13-26(14-18-29)23-31(33(40)44-4)38-35(42)45-21-22-48(5,6)7/h8-20,31-32H,21-25H2,1-7H3,(H,38,42)(H,39,43)/t31-,32-/m0/s1. The monoisotopic (exact) mass is 676 g/mol. The van der Waals surface area contributed by atoms with Gasteiger partial charge in [-0.05, 0) is 54.6 Å². The highest BCUT2D eigenvalue weighted by Gasteiger charge is 2.27. The number of carbonyl (C=O) groups excluding carboxylic acids is 4. The van der Waals surface area contributed by atoms with Crippen LogP contribution in [-0.4, -0.2) is 63.6 Å². The molecule has 48 heavy (non-hydrogen) atoms. The maximum absolute atomic E-state index is 13.1. The second-order valence-electron chi connectivity index (χ2n) is 13.8. The third kappa shape index (κ3) is 13.6. The molecule has 3 aromatic rings. The summed E-state index contributed by atoms with van der Waals surface area (Å²) in [5, 5.41) is 5.29. The highest BCUT2D eigenvalue weighted by Crippen LogP contribution is 2.22. The predicted molar refractivity (Wildman–Crippen MR) is 187 cm³/mol. The van der Waals surface area contributed by atoms with E-state index in [9.17, 15) is 19.2 Å². The minimum Gasteiger partial charge on any atom is -0.467 e. The molecule has 258 valence electrons. The van der Waals surface area contributed by atoms with E-state index in [0.29, 0.717) is 6.61 Å². The number of nitrogens with one attached hydrogen (secondary N) is 2. The molecule has 0 saturated carbocycles. The van der Waals surface area contributed by atoms with Crippen LogP contribution in [0.2, 0.25) is 25.7 Å². The number of benzene rings is 3. The van der Waals surface area contributed by atoms with E-state index in [1.165, 1.54) is 7.11 Å². The molecule has 0 aromatic heterocycles. The molecule has 0 heterocycles. The van der Waals surface area contributed by atoms with Crippen LogP contribution >= 0.6 is 0 Å². The lowest BCUT2D eigenvalue weighted by Gasteiger charge is -2.23. The van der Waals surface area contributed by atoms with Crippen molar-refractivity contribution in [2.45, 2.75) is 83.6 Å². The van der Waals surface area contributed by atoms with Gasteiger partial charge in [-0.25, -0.2) is 19.2 Å². The van der Waals surface area contributed by atoms with Crippen LogP contribution in [0.3, 0.4) is 0 Å². The largest absolute Gasteiger partial charge is 0.467 e. The van der Waals surface area contributed by atoms with Crippen molar-refractivity contribution in [3.8, 4) is 11.1 Å². The molecule has 2 N–H and O–H groups in total. The van der Waals surface area contributed by atoms with E-state index in [1.54, 1.807) is 20.8 Å². The van der Waals surface area contributed by atoms with E-state index < -0.39 is 49.9 Å². The Morgan fingerprint density at radius 2 is 1.17 bits per heavy atom. The Morgan fingerprint density at radius 3 is 1.65 bits per heavy atom. The fraction of sp³-hybridized carbons (Fsp3) is 0.405. The molecule has 0 aliphatic rings. The Labute approximate surface area is 284 Å². The van der Waals surface area contributed by atoms with Gasteiger partial charge in [-0.2, -0.15) is 0 Å². The van der Waals surface area contributed by atoms with Crippen LogP contribution in [0.1, 0.15) is 37.5 Å². The van der Waals surface area contributed by atoms with Crippen molar-refractivity contribution in [1.82, 2.24) is 10.6 Å². The number of methoxy groups -OCH3 is 1. The van der Waals surface area contributed by atoms with E-state index in [4.69, 9.17) is 18.9 Å². The molecule has 0 aliphatic heterocycles. The topological polar surface area (TPSA) is 129 Å². The van der Waals surface area contributed by atoms with Gasteiger partial charge in [-0.15, -0.1) is 0 Å². The SMILES string of the molecule is COC(=O)[C@H](Cc1ccc(-c2ccc(C[C@H](NC(=O)OC(C)(C)C)C(=O)OCc3ccccc3)cc2)cc1)NC(=O)OCC[Si](C)(C)C. The Bertz CT molecular complexity index is 1500. The van der Waals surface area contributed by atoms with Crippen LogP contribution in [0.4, 0.5) is 9.59 Å². The van der Waals surface area contributed by atoms with Crippen molar-refractivity contribution in [3.05, 3.63) is 95.6 Å². The zero-order valence-electron chi connectivity index (χ0n) is 29.0. The second-order valence-corrected chi connectivity index (χ2v) is 19.4. The zero-order valence-corrected chi connectivity index (χ0v) is 30.0. The number of carbonyl (C=O) groups is 4. The smallest absolute Gasteiger partial charge is 0.408 e. The van der Waals surface area contributed by atoms with Crippen LogP contribution in [0.25, 0.3) is 11.1 Å². The Hall–Kier alpha value is -4.64. The fourth-order valence-corrected chi connectivity index (χ4v) is 5.29. The first-order valence-corrected chi connectivity index (χ1v) is 19.7. The molecule has 3 aromatic carbocycles. The number of rotatable bonds is 14. The van der Waals surface area contributed by atoms with Gasteiger partial charge in [0.05, 0.1) is 13.7 Å². The number of amides is 2. The van der Waals surface area contributed by atoms with Gasteiger partial charge in [0.15, 0.2) is 0 Å². The van der Waals surface area contributed by atoms with Crippen molar-refractivity contribution in [3.63, 3.8) is 0 Å².